The summed E-state index contributed by atoms with van der Waals surface area (Å²) >= 11 is 0. The van der Waals surface area contributed by atoms with Gasteiger partial charge in [0.25, 0.3) is 5.91 Å². The van der Waals surface area contributed by atoms with Crippen LogP contribution in [0.25, 0.3) is 0 Å². The molecule has 2 fully saturated rings. The van der Waals surface area contributed by atoms with Gasteiger partial charge in [-0.15, -0.1) is 0 Å². The maximum absolute atomic E-state index is 12.8. The largest absolute Gasteiger partial charge is 0.452 e. The SMILES string of the molecule is N#Cc1cccc(C(=O)OCC(=O)N(C2CCCC2)[C@@H]2CCS(=O)(=O)C2)c1. The van der Waals surface area contributed by atoms with Gasteiger partial charge in [0.1, 0.15) is 0 Å². The number of benzene rings is 1. The number of sulfone groups is 1. The molecule has 2 aliphatic rings. The van der Waals surface area contributed by atoms with Crippen molar-refractivity contribution in [2.45, 2.75) is 44.2 Å². The molecule has 1 aliphatic carbocycles. The summed E-state index contributed by atoms with van der Waals surface area (Å²) in [5, 5.41) is 8.91. The van der Waals surface area contributed by atoms with E-state index in [1.165, 1.54) is 12.1 Å². The molecule has 3 rings (SSSR count). The molecular weight excluding hydrogens is 368 g/mol. The second-order valence-corrected chi connectivity index (χ2v) is 9.29. The van der Waals surface area contributed by atoms with Crippen molar-refractivity contribution >= 4 is 21.7 Å². The first-order chi connectivity index (χ1) is 12.9. The van der Waals surface area contributed by atoms with Crippen LogP contribution < -0.4 is 0 Å². The zero-order valence-electron chi connectivity index (χ0n) is 15.0. The normalized spacial score (nSPS) is 21.5. The molecule has 0 N–H and O–H groups in total. The van der Waals surface area contributed by atoms with Crippen LogP contribution in [0.1, 0.15) is 48.0 Å². The predicted molar refractivity (Wildman–Crippen MR) is 97.6 cm³/mol. The van der Waals surface area contributed by atoms with Gasteiger partial charge in [-0.05, 0) is 37.5 Å². The first kappa shape index (κ1) is 19.4. The van der Waals surface area contributed by atoms with E-state index in [9.17, 15) is 18.0 Å². The molecule has 0 aromatic heterocycles. The fourth-order valence-corrected chi connectivity index (χ4v) is 5.59. The molecule has 0 spiro atoms. The van der Waals surface area contributed by atoms with E-state index in [0.29, 0.717) is 12.0 Å². The van der Waals surface area contributed by atoms with Gasteiger partial charge in [-0.3, -0.25) is 4.79 Å². The van der Waals surface area contributed by atoms with Gasteiger partial charge >= 0.3 is 5.97 Å². The number of nitrogens with zero attached hydrogens (tertiary/aromatic N) is 2. The summed E-state index contributed by atoms with van der Waals surface area (Å²) in [5.74, 6) is -0.956. The van der Waals surface area contributed by atoms with Crippen molar-refractivity contribution in [3.05, 3.63) is 35.4 Å². The van der Waals surface area contributed by atoms with Crippen LogP contribution in [0.5, 0.6) is 0 Å². The minimum Gasteiger partial charge on any atom is -0.452 e. The highest BCUT2D eigenvalue weighted by Crippen LogP contribution is 2.29. The number of nitriles is 1. The van der Waals surface area contributed by atoms with Gasteiger partial charge in [-0.2, -0.15) is 5.26 Å². The number of carbonyl (C=O) groups excluding carboxylic acids is 2. The van der Waals surface area contributed by atoms with Crippen LogP contribution in [-0.2, 0) is 19.4 Å². The number of hydrogen-bond acceptors (Lipinski definition) is 6. The minimum absolute atomic E-state index is 0.0106. The third-order valence-corrected chi connectivity index (χ3v) is 6.91. The maximum atomic E-state index is 12.8. The zero-order chi connectivity index (χ0) is 19.4. The molecule has 1 saturated carbocycles. The Morgan fingerprint density at radius 2 is 1.93 bits per heavy atom. The van der Waals surface area contributed by atoms with E-state index in [1.807, 2.05) is 6.07 Å². The first-order valence-electron chi connectivity index (χ1n) is 9.08. The zero-order valence-corrected chi connectivity index (χ0v) is 15.8. The van der Waals surface area contributed by atoms with Gasteiger partial charge in [0.15, 0.2) is 16.4 Å². The third kappa shape index (κ3) is 4.66. The second-order valence-electron chi connectivity index (χ2n) is 7.06. The van der Waals surface area contributed by atoms with E-state index in [0.717, 1.165) is 25.7 Å². The molecule has 1 saturated heterocycles. The molecule has 0 bridgehead atoms. The van der Waals surface area contributed by atoms with E-state index < -0.39 is 22.4 Å². The Balaban J connectivity index is 1.67. The summed E-state index contributed by atoms with van der Waals surface area (Å²) in [6, 6.07) is 7.69. The number of rotatable bonds is 5. The summed E-state index contributed by atoms with van der Waals surface area (Å²) in [6.07, 6.45) is 4.15. The lowest BCUT2D eigenvalue weighted by atomic mass is 10.1. The molecule has 1 aromatic carbocycles. The van der Waals surface area contributed by atoms with Crippen molar-refractivity contribution in [3.8, 4) is 6.07 Å². The molecule has 1 amide bonds. The Morgan fingerprint density at radius 3 is 2.56 bits per heavy atom. The van der Waals surface area contributed by atoms with Gasteiger partial charge in [0, 0.05) is 12.1 Å². The molecule has 8 heteroatoms. The van der Waals surface area contributed by atoms with Crippen LogP contribution in [0.4, 0.5) is 0 Å². The molecule has 27 heavy (non-hydrogen) atoms. The van der Waals surface area contributed by atoms with Crippen LogP contribution in [0.15, 0.2) is 24.3 Å². The molecule has 1 aliphatic heterocycles. The summed E-state index contributed by atoms with van der Waals surface area (Å²) in [7, 11) is -3.12. The number of hydrogen-bond donors (Lipinski definition) is 0. The topological polar surface area (TPSA) is 105 Å². The Morgan fingerprint density at radius 1 is 1.19 bits per heavy atom. The lowest BCUT2D eigenvalue weighted by Crippen LogP contribution is -2.48. The molecule has 0 radical (unpaired) electrons. The Labute approximate surface area is 158 Å². The average Bonchev–Trinajstić information content (AvgIpc) is 3.30. The van der Waals surface area contributed by atoms with E-state index in [4.69, 9.17) is 10.00 Å². The fourth-order valence-electron chi connectivity index (χ4n) is 3.88. The third-order valence-electron chi connectivity index (χ3n) is 5.16. The van der Waals surface area contributed by atoms with Crippen molar-refractivity contribution in [2.24, 2.45) is 0 Å². The van der Waals surface area contributed by atoms with Gasteiger partial charge < -0.3 is 9.64 Å². The van der Waals surface area contributed by atoms with Crippen molar-refractivity contribution < 1.29 is 22.7 Å². The Hall–Kier alpha value is -2.40. The standard InChI is InChI=1S/C19H22N2O5S/c20-11-14-4-3-5-15(10-14)19(23)26-12-18(22)21(16-6-1-2-7-16)17-8-9-27(24,25)13-17/h3-5,10,16-17H,1-2,6-9,12-13H2/t17-/m1/s1. The summed E-state index contributed by atoms with van der Waals surface area (Å²) in [6.45, 7) is -0.428. The van der Waals surface area contributed by atoms with Crippen molar-refractivity contribution in [2.75, 3.05) is 18.1 Å². The summed E-state index contributed by atoms with van der Waals surface area (Å²) in [5.41, 5.74) is 0.539. The summed E-state index contributed by atoms with van der Waals surface area (Å²) in [4.78, 5) is 26.6. The maximum Gasteiger partial charge on any atom is 0.338 e. The number of amides is 1. The predicted octanol–water partition coefficient (Wildman–Crippen LogP) is 1.67. The molecule has 1 aromatic rings. The number of esters is 1. The number of carbonyl (C=O) groups is 2. The highest BCUT2D eigenvalue weighted by Gasteiger charge is 2.39. The van der Waals surface area contributed by atoms with Crippen LogP contribution in [0, 0.1) is 11.3 Å². The Kier molecular flexibility index (Phi) is 5.80. The van der Waals surface area contributed by atoms with E-state index in [1.54, 1.807) is 17.0 Å². The van der Waals surface area contributed by atoms with Gasteiger partial charge in [-0.25, -0.2) is 13.2 Å². The van der Waals surface area contributed by atoms with Crippen LogP contribution in [0.2, 0.25) is 0 Å². The first-order valence-corrected chi connectivity index (χ1v) is 10.9. The van der Waals surface area contributed by atoms with Crippen molar-refractivity contribution in [1.29, 1.82) is 5.26 Å². The molecule has 7 nitrogen and oxygen atoms in total. The van der Waals surface area contributed by atoms with Crippen LogP contribution in [-0.4, -0.2) is 55.4 Å². The molecule has 144 valence electrons. The molecule has 0 unspecified atom stereocenters. The number of ether oxygens (including phenoxy) is 1. The smallest absolute Gasteiger partial charge is 0.338 e. The molecular formula is C19H22N2O5S. The lowest BCUT2D eigenvalue weighted by Gasteiger charge is -2.33. The van der Waals surface area contributed by atoms with E-state index in [2.05, 4.69) is 0 Å². The van der Waals surface area contributed by atoms with Crippen LogP contribution in [0.3, 0.4) is 0 Å². The Bertz CT molecular complexity index is 868. The van der Waals surface area contributed by atoms with Gasteiger partial charge in [0.2, 0.25) is 0 Å². The fraction of sp³-hybridized carbons (Fsp3) is 0.526. The highest BCUT2D eigenvalue weighted by atomic mass is 32.2. The second kappa shape index (κ2) is 8.09. The molecule has 1 heterocycles. The van der Waals surface area contributed by atoms with Crippen LogP contribution >= 0.6 is 0 Å². The average molecular weight is 390 g/mol. The molecule has 1 atom stereocenters. The quantitative estimate of drug-likeness (QED) is 0.708. The lowest BCUT2D eigenvalue weighted by molar-refractivity contribution is -0.139. The van der Waals surface area contributed by atoms with Gasteiger partial charge in [-0.1, -0.05) is 18.9 Å². The van der Waals surface area contributed by atoms with E-state index >= 15 is 0 Å². The minimum atomic E-state index is -3.12. The van der Waals surface area contributed by atoms with Gasteiger partial charge in [0.05, 0.1) is 28.7 Å². The van der Waals surface area contributed by atoms with E-state index in [-0.39, 0.29) is 35.1 Å². The summed E-state index contributed by atoms with van der Waals surface area (Å²) < 4.78 is 28.8. The monoisotopic (exact) mass is 390 g/mol. The van der Waals surface area contributed by atoms with Crippen molar-refractivity contribution in [1.82, 2.24) is 4.90 Å². The highest BCUT2D eigenvalue weighted by molar-refractivity contribution is 7.91. The van der Waals surface area contributed by atoms with Crippen molar-refractivity contribution in [3.63, 3.8) is 0 Å².